The smallest absolute Gasteiger partial charge is 0.255 e. The van der Waals surface area contributed by atoms with Gasteiger partial charge in [-0.15, -0.1) is 0 Å². The van der Waals surface area contributed by atoms with E-state index >= 15 is 0 Å². The molecule has 0 bridgehead atoms. The third-order valence-electron chi connectivity index (χ3n) is 3.99. The lowest BCUT2D eigenvalue weighted by atomic mass is 10.1. The summed E-state index contributed by atoms with van der Waals surface area (Å²) < 4.78 is 13.6. The van der Waals surface area contributed by atoms with Gasteiger partial charge in [-0.3, -0.25) is 4.79 Å². The van der Waals surface area contributed by atoms with Gasteiger partial charge in [0.2, 0.25) is 0 Å². The number of anilines is 1. The van der Waals surface area contributed by atoms with E-state index in [9.17, 15) is 9.18 Å². The van der Waals surface area contributed by atoms with E-state index in [0.29, 0.717) is 16.4 Å². The second-order valence-corrected chi connectivity index (χ2v) is 6.19. The zero-order valence-corrected chi connectivity index (χ0v) is 14.2. The molecule has 6 heteroatoms. The summed E-state index contributed by atoms with van der Waals surface area (Å²) in [5.74, 6) is -0.167. The number of aromatic nitrogens is 2. The van der Waals surface area contributed by atoms with Crippen LogP contribution >= 0.6 is 11.6 Å². The van der Waals surface area contributed by atoms with Gasteiger partial charge in [-0.2, -0.15) is 0 Å². The maximum atomic E-state index is 13.6. The molecule has 4 aromatic rings. The lowest BCUT2D eigenvalue weighted by molar-refractivity contribution is 0.102. The fourth-order valence-electron chi connectivity index (χ4n) is 2.66. The van der Waals surface area contributed by atoms with Crippen molar-refractivity contribution < 1.29 is 9.18 Å². The molecule has 0 saturated heterocycles. The largest absolute Gasteiger partial charge is 0.338 e. The van der Waals surface area contributed by atoms with Crippen LogP contribution in [0, 0.1) is 5.82 Å². The summed E-state index contributed by atoms with van der Waals surface area (Å²) in [5, 5.41) is 3.19. The number of aromatic amines is 1. The standard InChI is InChI=1S/C20H13ClFN3O/c21-14-9-10-17-18(11-14)24-19(23-17)12-5-7-13(8-6-12)20(26)25-16-4-2-1-3-15(16)22/h1-11H,(H,23,24)(H,25,26). The first-order valence-electron chi connectivity index (χ1n) is 7.92. The number of fused-ring (bicyclic) bond motifs is 1. The van der Waals surface area contributed by atoms with Gasteiger partial charge in [0.05, 0.1) is 16.7 Å². The third-order valence-corrected chi connectivity index (χ3v) is 4.22. The highest BCUT2D eigenvalue weighted by Crippen LogP contribution is 2.23. The predicted octanol–water partition coefficient (Wildman–Crippen LogP) is 5.27. The van der Waals surface area contributed by atoms with E-state index in [4.69, 9.17) is 11.6 Å². The number of carbonyl (C=O) groups is 1. The van der Waals surface area contributed by atoms with Crippen LogP contribution in [0.3, 0.4) is 0 Å². The number of nitrogens with zero attached hydrogens (tertiary/aromatic N) is 1. The molecule has 0 atom stereocenters. The molecule has 0 fully saturated rings. The van der Waals surface area contributed by atoms with Crippen molar-refractivity contribution in [3.63, 3.8) is 0 Å². The van der Waals surface area contributed by atoms with E-state index in [1.165, 1.54) is 12.1 Å². The molecule has 0 radical (unpaired) electrons. The number of hydrogen-bond acceptors (Lipinski definition) is 2. The van der Waals surface area contributed by atoms with Gasteiger partial charge in [0.15, 0.2) is 0 Å². The Morgan fingerprint density at radius 2 is 1.81 bits per heavy atom. The van der Waals surface area contributed by atoms with Gasteiger partial charge in [0.25, 0.3) is 5.91 Å². The molecule has 1 heterocycles. The number of hydrogen-bond donors (Lipinski definition) is 2. The normalized spacial score (nSPS) is 10.8. The second-order valence-electron chi connectivity index (χ2n) is 5.76. The monoisotopic (exact) mass is 365 g/mol. The number of halogens is 2. The Bertz CT molecular complexity index is 1110. The Hall–Kier alpha value is -3.18. The predicted molar refractivity (Wildman–Crippen MR) is 101 cm³/mol. The number of rotatable bonds is 3. The van der Waals surface area contributed by atoms with Crippen molar-refractivity contribution in [2.24, 2.45) is 0 Å². The maximum absolute atomic E-state index is 13.6. The molecule has 0 aliphatic carbocycles. The van der Waals surface area contributed by atoms with Crippen molar-refractivity contribution in [1.29, 1.82) is 0 Å². The van der Waals surface area contributed by atoms with Crippen molar-refractivity contribution in [1.82, 2.24) is 9.97 Å². The van der Waals surface area contributed by atoms with Crippen molar-refractivity contribution >= 4 is 34.2 Å². The summed E-state index contributed by atoms with van der Waals surface area (Å²) in [5.41, 5.74) is 3.06. The summed E-state index contributed by atoms with van der Waals surface area (Å²) in [7, 11) is 0. The van der Waals surface area contributed by atoms with E-state index in [0.717, 1.165) is 16.6 Å². The fourth-order valence-corrected chi connectivity index (χ4v) is 2.83. The van der Waals surface area contributed by atoms with E-state index in [1.807, 2.05) is 12.1 Å². The van der Waals surface area contributed by atoms with Crippen LogP contribution in [0.15, 0.2) is 66.7 Å². The summed E-state index contributed by atoms with van der Waals surface area (Å²) >= 11 is 5.99. The average molecular weight is 366 g/mol. The van der Waals surface area contributed by atoms with Crippen molar-refractivity contribution in [2.75, 3.05) is 5.32 Å². The van der Waals surface area contributed by atoms with E-state index < -0.39 is 5.82 Å². The van der Waals surface area contributed by atoms with Crippen LogP contribution in [0.2, 0.25) is 5.02 Å². The van der Waals surface area contributed by atoms with Crippen molar-refractivity contribution in [2.45, 2.75) is 0 Å². The maximum Gasteiger partial charge on any atom is 0.255 e. The molecule has 0 saturated carbocycles. The first kappa shape index (κ1) is 16.3. The van der Waals surface area contributed by atoms with E-state index in [2.05, 4.69) is 15.3 Å². The first-order valence-corrected chi connectivity index (χ1v) is 8.29. The Balaban J connectivity index is 1.57. The first-order chi connectivity index (χ1) is 12.6. The second kappa shape index (κ2) is 6.61. The Kier molecular flexibility index (Phi) is 4.14. The SMILES string of the molecule is O=C(Nc1ccccc1F)c1ccc(-c2nc3ccc(Cl)cc3[nH]2)cc1. The Labute approximate surface area is 153 Å². The van der Waals surface area contributed by atoms with Gasteiger partial charge in [-0.1, -0.05) is 35.9 Å². The quantitative estimate of drug-likeness (QED) is 0.519. The molecule has 2 N–H and O–H groups in total. The van der Waals surface area contributed by atoms with Gasteiger partial charge in [0.1, 0.15) is 11.6 Å². The lowest BCUT2D eigenvalue weighted by Crippen LogP contribution is -2.12. The van der Waals surface area contributed by atoms with Crippen LogP contribution in [-0.2, 0) is 0 Å². The van der Waals surface area contributed by atoms with Gasteiger partial charge < -0.3 is 10.3 Å². The van der Waals surface area contributed by atoms with E-state index in [1.54, 1.807) is 42.5 Å². The van der Waals surface area contributed by atoms with Crippen LogP contribution in [0.1, 0.15) is 10.4 Å². The average Bonchev–Trinajstić information content (AvgIpc) is 3.07. The minimum absolute atomic E-state index is 0.149. The van der Waals surface area contributed by atoms with E-state index in [-0.39, 0.29) is 11.6 Å². The van der Waals surface area contributed by atoms with Gasteiger partial charge in [0, 0.05) is 16.1 Å². The topological polar surface area (TPSA) is 57.8 Å². The molecule has 0 aliphatic rings. The molecular formula is C20H13ClFN3O. The van der Waals surface area contributed by atoms with Gasteiger partial charge in [-0.25, -0.2) is 9.37 Å². The summed E-state index contributed by atoms with van der Waals surface area (Å²) in [6.07, 6.45) is 0. The highest BCUT2D eigenvalue weighted by molar-refractivity contribution is 6.31. The molecule has 0 aliphatic heterocycles. The lowest BCUT2D eigenvalue weighted by Gasteiger charge is -2.06. The van der Waals surface area contributed by atoms with Crippen LogP contribution in [0.5, 0.6) is 0 Å². The molecule has 1 amide bonds. The number of amides is 1. The van der Waals surface area contributed by atoms with Crippen LogP contribution in [0.25, 0.3) is 22.4 Å². The molecule has 0 unspecified atom stereocenters. The summed E-state index contributed by atoms with van der Waals surface area (Å²) in [6.45, 7) is 0. The number of imidazole rings is 1. The highest BCUT2D eigenvalue weighted by Gasteiger charge is 2.10. The Morgan fingerprint density at radius 3 is 2.58 bits per heavy atom. The molecular weight excluding hydrogens is 353 g/mol. The molecule has 0 spiro atoms. The molecule has 4 rings (SSSR count). The number of H-pyrrole nitrogens is 1. The minimum Gasteiger partial charge on any atom is -0.338 e. The zero-order chi connectivity index (χ0) is 18.1. The van der Waals surface area contributed by atoms with Crippen LogP contribution < -0.4 is 5.32 Å². The molecule has 1 aromatic heterocycles. The number of nitrogens with one attached hydrogen (secondary N) is 2. The molecule has 26 heavy (non-hydrogen) atoms. The minimum atomic E-state index is -0.474. The highest BCUT2D eigenvalue weighted by atomic mass is 35.5. The number of para-hydroxylation sites is 1. The van der Waals surface area contributed by atoms with Gasteiger partial charge >= 0.3 is 0 Å². The number of benzene rings is 3. The summed E-state index contributed by atoms with van der Waals surface area (Å²) in [6, 6.07) is 18.4. The molecule has 4 nitrogen and oxygen atoms in total. The number of carbonyl (C=O) groups excluding carboxylic acids is 1. The molecule has 3 aromatic carbocycles. The third kappa shape index (κ3) is 3.17. The Morgan fingerprint density at radius 1 is 1.04 bits per heavy atom. The van der Waals surface area contributed by atoms with Crippen LogP contribution in [-0.4, -0.2) is 15.9 Å². The van der Waals surface area contributed by atoms with Crippen molar-refractivity contribution in [3.8, 4) is 11.4 Å². The van der Waals surface area contributed by atoms with Gasteiger partial charge in [-0.05, 0) is 42.5 Å². The van der Waals surface area contributed by atoms with Crippen molar-refractivity contribution in [3.05, 3.63) is 83.1 Å². The fraction of sp³-hybridized carbons (Fsp3) is 0. The summed E-state index contributed by atoms with van der Waals surface area (Å²) in [4.78, 5) is 20.0. The zero-order valence-electron chi connectivity index (χ0n) is 13.5. The molecule has 128 valence electrons. The van der Waals surface area contributed by atoms with Crippen LogP contribution in [0.4, 0.5) is 10.1 Å².